The SMILES string of the molecule is C[n+]1c[nH]c(-c2ccc(C3CC3C(N)=O)cc2)c1Sc1ccc(Cl)cn1.O=C(O)C(F)(F)F. The summed E-state index contributed by atoms with van der Waals surface area (Å²) >= 11 is 7.49. The van der Waals surface area contributed by atoms with Crippen LogP contribution in [0.5, 0.6) is 0 Å². The van der Waals surface area contributed by atoms with Crippen molar-refractivity contribution in [3.63, 3.8) is 0 Å². The predicted octanol–water partition coefficient (Wildman–Crippen LogP) is 3.93. The van der Waals surface area contributed by atoms with Crippen LogP contribution in [0, 0.1) is 5.92 Å². The number of carboxylic acids is 1. The number of hydrogen-bond acceptors (Lipinski definition) is 4. The summed E-state index contributed by atoms with van der Waals surface area (Å²) < 4.78 is 33.8. The van der Waals surface area contributed by atoms with Crippen molar-refractivity contribution in [1.29, 1.82) is 0 Å². The van der Waals surface area contributed by atoms with E-state index in [-0.39, 0.29) is 17.7 Å². The highest BCUT2D eigenvalue weighted by atomic mass is 35.5. The average Bonchev–Trinajstić information content (AvgIpc) is 3.48. The van der Waals surface area contributed by atoms with E-state index >= 15 is 0 Å². The number of nitrogens with one attached hydrogen (secondary N) is 1. The first-order valence-corrected chi connectivity index (χ1v) is 10.7. The van der Waals surface area contributed by atoms with Gasteiger partial charge in [0.1, 0.15) is 5.03 Å². The number of amides is 1. The fraction of sp³-hybridized carbons (Fsp3) is 0.238. The van der Waals surface area contributed by atoms with E-state index in [9.17, 15) is 18.0 Å². The molecule has 0 bridgehead atoms. The monoisotopic (exact) mass is 499 g/mol. The molecule has 4 N–H and O–H groups in total. The molecular weight excluding hydrogens is 481 g/mol. The van der Waals surface area contributed by atoms with Gasteiger partial charge in [0.2, 0.25) is 17.3 Å². The Kier molecular flexibility index (Phi) is 7.33. The smallest absolute Gasteiger partial charge is 0.475 e. The third-order valence-corrected chi connectivity index (χ3v) is 6.22. The third kappa shape index (κ3) is 6.26. The van der Waals surface area contributed by atoms with Crippen molar-refractivity contribution in [2.24, 2.45) is 18.7 Å². The lowest BCUT2D eigenvalue weighted by molar-refractivity contribution is -0.706. The number of hydrogen-bond donors (Lipinski definition) is 3. The van der Waals surface area contributed by atoms with Gasteiger partial charge in [-0.3, -0.25) is 4.79 Å². The van der Waals surface area contributed by atoms with E-state index in [4.69, 9.17) is 27.2 Å². The maximum atomic E-state index is 11.3. The Bertz CT molecular complexity index is 1150. The molecule has 1 aliphatic rings. The predicted molar refractivity (Wildman–Crippen MR) is 115 cm³/mol. The molecule has 0 saturated heterocycles. The number of halogens is 4. The summed E-state index contributed by atoms with van der Waals surface area (Å²) in [4.78, 5) is 27.9. The van der Waals surface area contributed by atoms with Crippen molar-refractivity contribution < 1.29 is 32.4 Å². The summed E-state index contributed by atoms with van der Waals surface area (Å²) in [7, 11) is 1.99. The number of aromatic amines is 1. The van der Waals surface area contributed by atoms with Gasteiger partial charge in [-0.25, -0.2) is 19.3 Å². The van der Waals surface area contributed by atoms with E-state index in [1.54, 1.807) is 18.0 Å². The number of pyridine rings is 1. The number of nitrogens with zero attached hydrogens (tertiary/aromatic N) is 2. The zero-order valence-corrected chi connectivity index (χ0v) is 18.7. The van der Waals surface area contributed by atoms with E-state index in [1.807, 2.05) is 30.1 Å². The van der Waals surface area contributed by atoms with Gasteiger partial charge in [-0.1, -0.05) is 35.9 Å². The summed E-state index contributed by atoms with van der Waals surface area (Å²) in [6.07, 6.45) is -0.656. The molecule has 33 heavy (non-hydrogen) atoms. The number of alkyl halides is 3. The second-order valence-electron chi connectivity index (χ2n) is 7.26. The highest BCUT2D eigenvalue weighted by Gasteiger charge is 2.42. The fourth-order valence-corrected chi connectivity index (χ4v) is 4.11. The number of primary amides is 1. The van der Waals surface area contributed by atoms with Gasteiger partial charge in [0, 0.05) is 17.7 Å². The minimum absolute atomic E-state index is 0.00812. The number of benzene rings is 1. The van der Waals surface area contributed by atoms with Crippen molar-refractivity contribution in [1.82, 2.24) is 9.97 Å². The summed E-state index contributed by atoms with van der Waals surface area (Å²) in [5, 5.41) is 9.69. The second-order valence-corrected chi connectivity index (χ2v) is 8.70. The highest BCUT2D eigenvalue weighted by molar-refractivity contribution is 7.99. The van der Waals surface area contributed by atoms with Gasteiger partial charge >= 0.3 is 12.1 Å². The molecule has 7 nitrogen and oxygen atoms in total. The van der Waals surface area contributed by atoms with Gasteiger partial charge in [-0.15, -0.1) is 0 Å². The first-order chi connectivity index (χ1) is 15.5. The highest BCUT2D eigenvalue weighted by Crippen LogP contribution is 2.47. The van der Waals surface area contributed by atoms with Gasteiger partial charge < -0.3 is 10.8 Å². The number of imidazole rings is 1. The molecule has 2 atom stereocenters. The first-order valence-electron chi connectivity index (χ1n) is 9.53. The Morgan fingerprint density at radius 1 is 1.24 bits per heavy atom. The molecule has 3 aromatic rings. The van der Waals surface area contributed by atoms with Crippen LogP contribution < -0.4 is 10.3 Å². The number of aromatic nitrogens is 3. The topological polar surface area (TPSA) is 113 Å². The van der Waals surface area contributed by atoms with Crippen LogP contribution in [0.1, 0.15) is 17.9 Å². The van der Waals surface area contributed by atoms with Crippen LogP contribution in [0.25, 0.3) is 11.3 Å². The lowest BCUT2D eigenvalue weighted by Gasteiger charge is -2.03. The molecule has 1 amide bonds. The second kappa shape index (κ2) is 9.84. The molecule has 1 fully saturated rings. The average molecular weight is 500 g/mol. The minimum atomic E-state index is -5.08. The Morgan fingerprint density at radius 2 is 1.88 bits per heavy atom. The lowest BCUT2D eigenvalue weighted by Crippen LogP contribution is -2.27. The largest absolute Gasteiger partial charge is 0.490 e. The van der Waals surface area contributed by atoms with E-state index < -0.39 is 12.1 Å². The molecule has 2 heterocycles. The van der Waals surface area contributed by atoms with Crippen molar-refractivity contribution in [2.45, 2.75) is 28.6 Å². The number of aliphatic carboxylic acids is 1. The summed E-state index contributed by atoms with van der Waals surface area (Å²) in [5.41, 5.74) is 8.67. The van der Waals surface area contributed by atoms with Gasteiger partial charge in [0.05, 0.1) is 12.1 Å². The van der Waals surface area contributed by atoms with Crippen LogP contribution in [0.3, 0.4) is 0 Å². The van der Waals surface area contributed by atoms with Crippen molar-refractivity contribution in [3.05, 3.63) is 59.5 Å². The quantitative estimate of drug-likeness (QED) is 0.460. The molecule has 0 aliphatic heterocycles. The van der Waals surface area contributed by atoms with Crippen molar-refractivity contribution in [3.8, 4) is 11.3 Å². The molecule has 0 spiro atoms. The van der Waals surface area contributed by atoms with Crippen LogP contribution in [0.15, 0.2) is 59.0 Å². The van der Waals surface area contributed by atoms with Crippen LogP contribution in [-0.4, -0.2) is 33.1 Å². The molecule has 1 saturated carbocycles. The summed E-state index contributed by atoms with van der Waals surface area (Å²) in [6.45, 7) is 0. The van der Waals surface area contributed by atoms with Gasteiger partial charge in [-0.05, 0) is 41.8 Å². The van der Waals surface area contributed by atoms with Crippen molar-refractivity contribution >= 4 is 35.2 Å². The maximum absolute atomic E-state index is 11.3. The van der Waals surface area contributed by atoms with Crippen LogP contribution in [0.2, 0.25) is 5.02 Å². The van der Waals surface area contributed by atoms with E-state index in [0.29, 0.717) is 5.02 Å². The zero-order chi connectivity index (χ0) is 24.3. The lowest BCUT2D eigenvalue weighted by atomic mass is 10.1. The van der Waals surface area contributed by atoms with E-state index in [0.717, 1.165) is 27.7 Å². The number of carbonyl (C=O) groups is 2. The number of carboxylic acid groups (broad SMARTS) is 1. The molecule has 4 rings (SSSR count). The molecule has 0 radical (unpaired) electrons. The van der Waals surface area contributed by atoms with Gasteiger partial charge in [0.25, 0.3) is 0 Å². The first kappa shape index (κ1) is 24.6. The van der Waals surface area contributed by atoms with E-state index in [1.165, 1.54) is 5.56 Å². The fourth-order valence-electron chi connectivity index (χ4n) is 3.08. The van der Waals surface area contributed by atoms with Crippen LogP contribution in [0.4, 0.5) is 13.2 Å². The normalized spacial score (nSPS) is 17.1. The maximum Gasteiger partial charge on any atom is 0.490 e. The number of aryl methyl sites for hydroxylation is 1. The van der Waals surface area contributed by atoms with Gasteiger partial charge in [0.15, 0.2) is 5.69 Å². The molecule has 2 aromatic heterocycles. The number of nitrogens with two attached hydrogens (primary N) is 1. The standard InChI is InChI=1S/C19H17ClN4OS.C2HF3O2/c1-24-10-23-17(19(24)26-16-7-6-13(20)9-22-16)12-4-2-11(3-5-12)14-8-15(14)18(21)25;3-2(4,5)1(6)7/h2-7,9-10,14-15H,8H2,1H3,(H2,21,25);(H,6,7)/p+1. The zero-order valence-electron chi connectivity index (χ0n) is 17.1. The summed E-state index contributed by atoms with van der Waals surface area (Å²) in [6, 6.07) is 12.1. The Hall–Kier alpha value is -3.05. The van der Waals surface area contributed by atoms with Crippen LogP contribution >= 0.6 is 23.4 Å². The van der Waals surface area contributed by atoms with Crippen molar-refractivity contribution in [2.75, 3.05) is 0 Å². The minimum Gasteiger partial charge on any atom is -0.475 e. The molecule has 174 valence electrons. The number of H-pyrrole nitrogens is 1. The Morgan fingerprint density at radius 3 is 2.36 bits per heavy atom. The van der Waals surface area contributed by atoms with E-state index in [2.05, 4.69) is 34.2 Å². The summed E-state index contributed by atoms with van der Waals surface area (Å²) in [5.74, 6) is -2.70. The Labute approximate surface area is 195 Å². The molecule has 12 heteroatoms. The third-order valence-electron chi connectivity index (χ3n) is 4.86. The molecule has 1 aromatic carbocycles. The Balaban J connectivity index is 0.000000383. The number of carbonyl (C=O) groups excluding carboxylic acids is 1. The van der Waals surface area contributed by atoms with Crippen LogP contribution in [-0.2, 0) is 16.6 Å². The molecule has 1 aliphatic carbocycles. The van der Waals surface area contributed by atoms with Gasteiger partial charge in [-0.2, -0.15) is 13.2 Å². The molecule has 2 unspecified atom stereocenters. The number of rotatable bonds is 5. The molecular formula is C21H19ClF3N4O3S+.